The molecule has 9 heteroatoms. The Hall–Kier alpha value is -2.81. The zero-order valence-electron chi connectivity index (χ0n) is 14.0. The highest BCUT2D eigenvalue weighted by Crippen LogP contribution is 2.32. The van der Waals surface area contributed by atoms with Crippen molar-refractivity contribution in [3.8, 4) is 0 Å². The van der Waals surface area contributed by atoms with Crippen LogP contribution < -0.4 is 5.32 Å². The molecule has 0 radical (unpaired) electrons. The number of hydrogen-bond acceptors (Lipinski definition) is 6. The van der Waals surface area contributed by atoms with Crippen LogP contribution >= 0.6 is 11.8 Å². The maximum absolute atomic E-state index is 12.3. The monoisotopic (exact) mass is 374 g/mol. The van der Waals surface area contributed by atoms with E-state index in [4.69, 9.17) is 4.42 Å². The van der Waals surface area contributed by atoms with E-state index in [-0.39, 0.29) is 24.1 Å². The highest BCUT2D eigenvalue weighted by molar-refractivity contribution is 8.18. The van der Waals surface area contributed by atoms with Crippen LogP contribution in [0.4, 0.5) is 4.79 Å². The first-order valence-electron chi connectivity index (χ1n) is 8.15. The smallest absolute Gasteiger partial charge is 0.293 e. The Labute approximate surface area is 154 Å². The van der Waals surface area contributed by atoms with E-state index in [0.717, 1.165) is 29.6 Å². The van der Waals surface area contributed by atoms with Crippen molar-refractivity contribution < 1.29 is 18.8 Å². The first kappa shape index (κ1) is 18.0. The lowest BCUT2D eigenvalue weighted by molar-refractivity contribution is -0.124. The number of carbonyl (C=O) groups is 3. The van der Waals surface area contributed by atoms with Crippen LogP contribution in [-0.4, -0.2) is 44.6 Å². The Bertz CT molecular complexity index is 799. The second-order valence-electron chi connectivity index (χ2n) is 5.60. The summed E-state index contributed by atoms with van der Waals surface area (Å²) < 4.78 is 7.08. The van der Waals surface area contributed by atoms with Gasteiger partial charge in [-0.1, -0.05) is 0 Å². The van der Waals surface area contributed by atoms with Gasteiger partial charge < -0.3 is 14.3 Å². The van der Waals surface area contributed by atoms with Gasteiger partial charge >= 0.3 is 0 Å². The van der Waals surface area contributed by atoms with E-state index in [1.165, 1.54) is 12.3 Å². The maximum Gasteiger partial charge on any atom is 0.293 e. The number of nitrogens with zero attached hydrogens (tertiary/aromatic N) is 3. The van der Waals surface area contributed by atoms with Crippen LogP contribution in [0.1, 0.15) is 18.6 Å². The molecule has 3 rings (SSSR count). The van der Waals surface area contributed by atoms with Gasteiger partial charge in [0.2, 0.25) is 5.91 Å². The number of thioether (sulfide) groups is 1. The Morgan fingerprint density at radius 2 is 2.23 bits per heavy atom. The van der Waals surface area contributed by atoms with Crippen LogP contribution in [-0.2, 0) is 16.1 Å². The van der Waals surface area contributed by atoms with Gasteiger partial charge in [0.25, 0.3) is 11.1 Å². The topological polar surface area (TPSA) is 97.4 Å². The van der Waals surface area contributed by atoms with E-state index >= 15 is 0 Å². The minimum Gasteiger partial charge on any atom is -0.465 e. The molecule has 2 aromatic rings. The number of aryl methyl sites for hydroxylation is 1. The number of furan rings is 1. The summed E-state index contributed by atoms with van der Waals surface area (Å²) in [5, 5.41) is 2.41. The number of aromatic nitrogens is 2. The zero-order valence-corrected chi connectivity index (χ0v) is 14.8. The molecule has 0 spiro atoms. The van der Waals surface area contributed by atoms with Gasteiger partial charge in [0.15, 0.2) is 0 Å². The zero-order chi connectivity index (χ0) is 18.4. The van der Waals surface area contributed by atoms with Gasteiger partial charge in [-0.15, -0.1) is 0 Å². The average Bonchev–Trinajstić information content (AvgIpc) is 3.35. The van der Waals surface area contributed by atoms with Crippen LogP contribution in [0.25, 0.3) is 6.08 Å². The number of imide groups is 1. The van der Waals surface area contributed by atoms with E-state index < -0.39 is 5.91 Å². The molecule has 1 N–H and O–H groups in total. The Morgan fingerprint density at radius 3 is 2.96 bits per heavy atom. The molecule has 0 unspecified atom stereocenters. The normalized spacial score (nSPS) is 15.8. The summed E-state index contributed by atoms with van der Waals surface area (Å²) in [6, 6.07) is 3.40. The quantitative estimate of drug-likeness (QED) is 0.561. The summed E-state index contributed by atoms with van der Waals surface area (Å²) in [6.07, 6.45) is 9.16. The third kappa shape index (κ3) is 4.63. The standard InChI is InChI=1S/C17H18N4O4S/c22-15(19-5-2-7-20-9-6-18-12-20)4-8-21-16(23)14(26-17(21)24)11-13-3-1-10-25-13/h1,3,6,9-12H,2,4-5,7-8H2,(H,19,22). The van der Waals surface area contributed by atoms with Gasteiger partial charge in [0, 0.05) is 44.5 Å². The van der Waals surface area contributed by atoms with E-state index in [1.54, 1.807) is 24.7 Å². The van der Waals surface area contributed by atoms with Gasteiger partial charge in [-0.2, -0.15) is 0 Å². The molecule has 1 aliphatic heterocycles. The van der Waals surface area contributed by atoms with Crippen LogP contribution in [0.15, 0.2) is 46.4 Å². The number of hydrogen-bond donors (Lipinski definition) is 1. The molecule has 0 bridgehead atoms. The molecule has 0 aliphatic carbocycles. The van der Waals surface area contributed by atoms with Gasteiger partial charge in [-0.05, 0) is 30.3 Å². The van der Waals surface area contributed by atoms with Crippen molar-refractivity contribution in [3.05, 3.63) is 47.8 Å². The molecule has 2 aromatic heterocycles. The first-order chi connectivity index (χ1) is 12.6. The molecule has 136 valence electrons. The molecular weight excluding hydrogens is 356 g/mol. The van der Waals surface area contributed by atoms with E-state index in [1.807, 2.05) is 10.8 Å². The molecule has 1 aliphatic rings. The summed E-state index contributed by atoms with van der Waals surface area (Å²) >= 11 is 0.850. The van der Waals surface area contributed by atoms with Crippen molar-refractivity contribution in [1.82, 2.24) is 19.8 Å². The van der Waals surface area contributed by atoms with E-state index in [0.29, 0.717) is 17.2 Å². The third-order valence-corrected chi connectivity index (χ3v) is 4.63. The Kier molecular flexibility index (Phi) is 5.90. The van der Waals surface area contributed by atoms with Crippen LogP contribution in [0, 0.1) is 0 Å². The fraction of sp³-hybridized carbons (Fsp3) is 0.294. The molecule has 0 saturated carbocycles. The lowest BCUT2D eigenvalue weighted by Gasteiger charge is -2.12. The van der Waals surface area contributed by atoms with Crippen molar-refractivity contribution in [2.45, 2.75) is 19.4 Å². The molecule has 3 amide bonds. The maximum atomic E-state index is 12.3. The number of nitrogens with one attached hydrogen (secondary N) is 1. The molecule has 1 fully saturated rings. The summed E-state index contributed by atoms with van der Waals surface area (Å²) in [4.78, 5) is 41.5. The molecule has 1 saturated heterocycles. The molecule has 3 heterocycles. The summed E-state index contributed by atoms with van der Waals surface area (Å²) in [5.41, 5.74) is 0. The molecule has 8 nitrogen and oxygen atoms in total. The Morgan fingerprint density at radius 1 is 1.35 bits per heavy atom. The fourth-order valence-electron chi connectivity index (χ4n) is 2.41. The summed E-state index contributed by atoms with van der Waals surface area (Å²) in [6.45, 7) is 1.35. The number of rotatable bonds is 8. The van der Waals surface area contributed by atoms with Crippen molar-refractivity contribution in [2.75, 3.05) is 13.1 Å². The van der Waals surface area contributed by atoms with Gasteiger partial charge in [0.1, 0.15) is 5.76 Å². The van der Waals surface area contributed by atoms with Crippen molar-refractivity contribution >= 4 is 34.9 Å². The second-order valence-corrected chi connectivity index (χ2v) is 6.60. The predicted molar refractivity (Wildman–Crippen MR) is 95.9 cm³/mol. The SMILES string of the molecule is O=C(CCN1C(=O)SC(=Cc2ccco2)C1=O)NCCCn1ccnc1. The molecule has 0 aromatic carbocycles. The minimum atomic E-state index is -0.399. The highest BCUT2D eigenvalue weighted by atomic mass is 32.2. The number of carbonyl (C=O) groups excluding carboxylic acids is 3. The van der Waals surface area contributed by atoms with Crippen LogP contribution in [0.5, 0.6) is 0 Å². The highest BCUT2D eigenvalue weighted by Gasteiger charge is 2.35. The molecule has 0 atom stereocenters. The largest absolute Gasteiger partial charge is 0.465 e. The van der Waals surface area contributed by atoms with Gasteiger partial charge in [-0.3, -0.25) is 19.3 Å². The van der Waals surface area contributed by atoms with Gasteiger partial charge in [0.05, 0.1) is 17.5 Å². The summed E-state index contributed by atoms with van der Waals surface area (Å²) in [5.74, 6) is -0.0832. The minimum absolute atomic E-state index is 0.0630. The average molecular weight is 374 g/mol. The lowest BCUT2D eigenvalue weighted by Crippen LogP contribution is -2.34. The number of imidazole rings is 1. The van der Waals surface area contributed by atoms with E-state index in [9.17, 15) is 14.4 Å². The third-order valence-electron chi connectivity index (χ3n) is 3.73. The van der Waals surface area contributed by atoms with Crippen molar-refractivity contribution in [3.63, 3.8) is 0 Å². The summed E-state index contributed by atoms with van der Waals surface area (Å²) in [7, 11) is 0. The fourth-order valence-corrected chi connectivity index (χ4v) is 3.25. The Balaban J connectivity index is 1.41. The van der Waals surface area contributed by atoms with Crippen LogP contribution in [0.3, 0.4) is 0 Å². The predicted octanol–water partition coefficient (Wildman–Crippen LogP) is 2.11. The van der Waals surface area contributed by atoms with E-state index in [2.05, 4.69) is 10.3 Å². The first-order valence-corrected chi connectivity index (χ1v) is 8.96. The number of amides is 3. The molecular formula is C17H18N4O4S. The van der Waals surface area contributed by atoms with Crippen molar-refractivity contribution in [2.24, 2.45) is 0 Å². The second kappa shape index (κ2) is 8.52. The molecule has 26 heavy (non-hydrogen) atoms. The van der Waals surface area contributed by atoms with Crippen LogP contribution in [0.2, 0.25) is 0 Å². The van der Waals surface area contributed by atoms with Crippen molar-refractivity contribution in [1.29, 1.82) is 0 Å². The lowest BCUT2D eigenvalue weighted by atomic mass is 10.3. The van der Waals surface area contributed by atoms with Gasteiger partial charge in [-0.25, -0.2) is 4.98 Å².